The topological polar surface area (TPSA) is 24.9 Å². The maximum Gasteiger partial charge on any atom is 0.140 e. The molecule has 1 aliphatic heterocycles. The van der Waals surface area contributed by atoms with Crippen LogP contribution < -0.4 is 5.32 Å². The standard InChI is InChI=1S/C11H15BrN2S/c1-8-2-4-13-11(10(8)12)14-6-9-3-5-15-7-9/h2,4,9H,3,5-7H2,1H3,(H,13,14). The van der Waals surface area contributed by atoms with E-state index < -0.39 is 0 Å². The van der Waals surface area contributed by atoms with Crippen molar-refractivity contribution in [2.45, 2.75) is 13.3 Å². The van der Waals surface area contributed by atoms with Crippen LogP contribution in [0.2, 0.25) is 0 Å². The maximum atomic E-state index is 4.34. The van der Waals surface area contributed by atoms with E-state index in [1.54, 1.807) is 0 Å². The van der Waals surface area contributed by atoms with Crippen LogP contribution in [0.25, 0.3) is 0 Å². The average Bonchev–Trinajstić information content (AvgIpc) is 2.73. The van der Waals surface area contributed by atoms with Crippen LogP contribution in [0.3, 0.4) is 0 Å². The van der Waals surface area contributed by atoms with Crippen molar-refractivity contribution in [1.29, 1.82) is 0 Å². The fourth-order valence-electron chi connectivity index (χ4n) is 1.65. The molecule has 0 aliphatic carbocycles. The van der Waals surface area contributed by atoms with Crippen molar-refractivity contribution in [3.8, 4) is 0 Å². The minimum Gasteiger partial charge on any atom is -0.369 e. The number of rotatable bonds is 3. The number of pyridine rings is 1. The minimum atomic E-state index is 0.809. The van der Waals surface area contributed by atoms with Gasteiger partial charge in [-0.1, -0.05) is 0 Å². The Hall–Kier alpha value is -0.220. The van der Waals surface area contributed by atoms with E-state index in [9.17, 15) is 0 Å². The van der Waals surface area contributed by atoms with E-state index in [-0.39, 0.29) is 0 Å². The first-order valence-corrected chi connectivity index (χ1v) is 7.15. The molecule has 2 nitrogen and oxygen atoms in total. The average molecular weight is 287 g/mol. The van der Waals surface area contributed by atoms with E-state index in [1.807, 2.05) is 12.3 Å². The van der Waals surface area contributed by atoms with Crippen LogP contribution in [0.15, 0.2) is 16.7 Å². The first-order valence-electron chi connectivity index (χ1n) is 5.20. The van der Waals surface area contributed by atoms with Gasteiger partial charge in [0, 0.05) is 12.7 Å². The number of aromatic nitrogens is 1. The first kappa shape index (κ1) is 11.3. The molecule has 2 rings (SSSR count). The molecule has 0 saturated carbocycles. The molecular weight excluding hydrogens is 272 g/mol. The normalized spacial score (nSPS) is 20.5. The van der Waals surface area contributed by atoms with Crippen LogP contribution in [0, 0.1) is 12.8 Å². The molecule has 1 saturated heterocycles. The Morgan fingerprint density at radius 2 is 2.53 bits per heavy atom. The van der Waals surface area contributed by atoms with Gasteiger partial charge in [-0.25, -0.2) is 4.98 Å². The molecule has 1 aromatic rings. The number of hydrogen-bond acceptors (Lipinski definition) is 3. The Kier molecular flexibility index (Phi) is 3.92. The number of anilines is 1. The monoisotopic (exact) mass is 286 g/mol. The second kappa shape index (κ2) is 5.21. The van der Waals surface area contributed by atoms with Gasteiger partial charge in [0.15, 0.2) is 0 Å². The highest BCUT2D eigenvalue weighted by molar-refractivity contribution is 9.10. The molecule has 1 aromatic heterocycles. The van der Waals surface area contributed by atoms with E-state index in [2.05, 4.69) is 44.9 Å². The van der Waals surface area contributed by atoms with Crippen LogP contribution in [-0.2, 0) is 0 Å². The van der Waals surface area contributed by atoms with E-state index in [1.165, 1.54) is 23.5 Å². The van der Waals surface area contributed by atoms with Gasteiger partial charge in [0.25, 0.3) is 0 Å². The Morgan fingerprint density at radius 3 is 3.27 bits per heavy atom. The summed E-state index contributed by atoms with van der Waals surface area (Å²) in [6, 6.07) is 2.01. The number of thioether (sulfide) groups is 1. The summed E-state index contributed by atoms with van der Waals surface area (Å²) in [7, 11) is 0. The van der Waals surface area contributed by atoms with Crippen molar-refractivity contribution in [1.82, 2.24) is 4.98 Å². The Bertz CT molecular complexity index is 337. The molecule has 0 radical (unpaired) electrons. The predicted octanol–water partition coefficient (Wildman–Crippen LogP) is 3.32. The van der Waals surface area contributed by atoms with Crippen molar-refractivity contribution in [3.05, 3.63) is 22.3 Å². The van der Waals surface area contributed by atoms with Crippen molar-refractivity contribution in [3.63, 3.8) is 0 Å². The zero-order valence-corrected chi connectivity index (χ0v) is 11.2. The fraction of sp³-hybridized carbons (Fsp3) is 0.545. The van der Waals surface area contributed by atoms with E-state index in [0.717, 1.165) is 22.8 Å². The fourth-order valence-corrected chi connectivity index (χ4v) is 3.31. The number of hydrogen-bond donors (Lipinski definition) is 1. The molecule has 82 valence electrons. The van der Waals surface area contributed by atoms with Crippen LogP contribution in [0.5, 0.6) is 0 Å². The van der Waals surface area contributed by atoms with Crippen LogP contribution in [-0.4, -0.2) is 23.0 Å². The van der Waals surface area contributed by atoms with Crippen molar-refractivity contribution in [2.24, 2.45) is 5.92 Å². The molecule has 1 N–H and O–H groups in total. The van der Waals surface area contributed by atoms with Gasteiger partial charge in [-0.15, -0.1) is 0 Å². The zero-order valence-electron chi connectivity index (χ0n) is 8.79. The number of nitrogens with one attached hydrogen (secondary N) is 1. The summed E-state index contributed by atoms with van der Waals surface area (Å²) in [4.78, 5) is 4.34. The van der Waals surface area contributed by atoms with E-state index in [0.29, 0.717) is 0 Å². The molecule has 0 amide bonds. The lowest BCUT2D eigenvalue weighted by Gasteiger charge is -2.12. The summed E-state index contributed by atoms with van der Waals surface area (Å²) >= 11 is 5.61. The summed E-state index contributed by atoms with van der Waals surface area (Å²) in [6.45, 7) is 3.13. The van der Waals surface area contributed by atoms with Crippen molar-refractivity contribution < 1.29 is 0 Å². The van der Waals surface area contributed by atoms with Gasteiger partial charge in [0.05, 0.1) is 4.47 Å². The van der Waals surface area contributed by atoms with Crippen molar-refractivity contribution in [2.75, 3.05) is 23.4 Å². The molecule has 0 bridgehead atoms. The van der Waals surface area contributed by atoms with Crippen LogP contribution in [0.1, 0.15) is 12.0 Å². The quantitative estimate of drug-likeness (QED) is 0.923. The summed E-state index contributed by atoms with van der Waals surface area (Å²) < 4.78 is 1.09. The van der Waals surface area contributed by atoms with Gasteiger partial charge in [-0.3, -0.25) is 0 Å². The summed E-state index contributed by atoms with van der Waals surface area (Å²) in [5.41, 5.74) is 1.23. The summed E-state index contributed by atoms with van der Waals surface area (Å²) in [5.74, 6) is 4.39. The van der Waals surface area contributed by atoms with Gasteiger partial charge < -0.3 is 5.32 Å². The lowest BCUT2D eigenvalue weighted by Crippen LogP contribution is -2.14. The highest BCUT2D eigenvalue weighted by Gasteiger charge is 2.15. The molecule has 1 unspecified atom stereocenters. The molecular formula is C11H15BrN2S. The van der Waals surface area contributed by atoms with E-state index >= 15 is 0 Å². The Balaban J connectivity index is 1.95. The second-order valence-electron chi connectivity index (χ2n) is 3.90. The second-order valence-corrected chi connectivity index (χ2v) is 5.84. The molecule has 2 heterocycles. The molecule has 0 spiro atoms. The van der Waals surface area contributed by atoms with Crippen LogP contribution >= 0.6 is 27.7 Å². The third-order valence-corrected chi connectivity index (χ3v) is 4.90. The van der Waals surface area contributed by atoms with E-state index in [4.69, 9.17) is 0 Å². The predicted molar refractivity (Wildman–Crippen MR) is 70.6 cm³/mol. The number of halogens is 1. The largest absolute Gasteiger partial charge is 0.369 e. The SMILES string of the molecule is Cc1ccnc(NCC2CCSC2)c1Br. The number of nitrogens with zero attached hydrogens (tertiary/aromatic N) is 1. The minimum absolute atomic E-state index is 0.809. The highest BCUT2D eigenvalue weighted by Crippen LogP contribution is 2.26. The summed E-state index contributed by atoms with van der Waals surface area (Å²) in [5, 5.41) is 3.42. The third kappa shape index (κ3) is 2.88. The first-order chi connectivity index (χ1) is 7.27. The highest BCUT2D eigenvalue weighted by atomic mass is 79.9. The molecule has 1 fully saturated rings. The zero-order chi connectivity index (χ0) is 10.7. The molecule has 1 atom stereocenters. The van der Waals surface area contributed by atoms with Gasteiger partial charge in [-0.2, -0.15) is 11.8 Å². The lowest BCUT2D eigenvalue weighted by molar-refractivity contribution is 0.630. The summed E-state index contributed by atoms with van der Waals surface area (Å²) in [6.07, 6.45) is 3.19. The lowest BCUT2D eigenvalue weighted by atomic mass is 10.1. The molecule has 0 aromatic carbocycles. The Labute approximate surface area is 103 Å². The Morgan fingerprint density at radius 1 is 1.67 bits per heavy atom. The number of aryl methyl sites for hydroxylation is 1. The van der Waals surface area contributed by atoms with Gasteiger partial charge >= 0.3 is 0 Å². The molecule has 4 heteroatoms. The van der Waals surface area contributed by atoms with Gasteiger partial charge in [0.1, 0.15) is 5.82 Å². The maximum absolute atomic E-state index is 4.34. The van der Waals surface area contributed by atoms with Gasteiger partial charge in [-0.05, 0) is 58.3 Å². The van der Waals surface area contributed by atoms with Crippen molar-refractivity contribution >= 4 is 33.5 Å². The van der Waals surface area contributed by atoms with Gasteiger partial charge in [0.2, 0.25) is 0 Å². The molecule has 1 aliphatic rings. The van der Waals surface area contributed by atoms with Crippen LogP contribution in [0.4, 0.5) is 5.82 Å². The third-order valence-electron chi connectivity index (χ3n) is 2.66. The molecule has 15 heavy (non-hydrogen) atoms. The smallest absolute Gasteiger partial charge is 0.140 e.